The summed E-state index contributed by atoms with van der Waals surface area (Å²) in [7, 11) is 0. The van der Waals surface area contributed by atoms with Crippen molar-refractivity contribution in [3.8, 4) is 0 Å². The Kier molecular flexibility index (Phi) is 5.62. The molecule has 1 saturated heterocycles. The fourth-order valence-corrected chi connectivity index (χ4v) is 2.37. The van der Waals surface area contributed by atoms with Crippen molar-refractivity contribution in [2.45, 2.75) is 59.0 Å². The molecule has 3 unspecified atom stereocenters. The molecule has 1 N–H and O–H groups in total. The molecular formula is C13H28N2. The van der Waals surface area contributed by atoms with Crippen molar-refractivity contribution in [2.75, 3.05) is 19.6 Å². The molecule has 0 aromatic rings. The molecule has 1 heterocycles. The Morgan fingerprint density at radius 3 is 2.27 bits per heavy atom. The maximum absolute atomic E-state index is 3.72. The summed E-state index contributed by atoms with van der Waals surface area (Å²) >= 11 is 0. The minimum atomic E-state index is 0.632. The van der Waals surface area contributed by atoms with Crippen molar-refractivity contribution in [1.82, 2.24) is 10.2 Å². The van der Waals surface area contributed by atoms with Gasteiger partial charge in [-0.15, -0.1) is 0 Å². The molecule has 90 valence electrons. The Balaban J connectivity index is 2.19. The lowest BCUT2D eigenvalue weighted by molar-refractivity contribution is 0.269. The van der Waals surface area contributed by atoms with Gasteiger partial charge >= 0.3 is 0 Å². The van der Waals surface area contributed by atoms with Crippen LogP contribution in [0.3, 0.4) is 0 Å². The van der Waals surface area contributed by atoms with Crippen LogP contribution in [0.1, 0.15) is 47.0 Å². The van der Waals surface area contributed by atoms with Gasteiger partial charge in [0.1, 0.15) is 0 Å². The zero-order valence-electron chi connectivity index (χ0n) is 10.9. The van der Waals surface area contributed by atoms with Crippen LogP contribution in [0.2, 0.25) is 0 Å². The van der Waals surface area contributed by atoms with Gasteiger partial charge in [0, 0.05) is 18.6 Å². The van der Waals surface area contributed by atoms with Crippen LogP contribution in [-0.2, 0) is 0 Å². The van der Waals surface area contributed by atoms with E-state index in [-0.39, 0.29) is 0 Å². The molecule has 0 aromatic carbocycles. The molecule has 1 aliphatic rings. The predicted octanol–water partition coefficient (Wildman–Crippen LogP) is 2.49. The Morgan fingerprint density at radius 2 is 1.73 bits per heavy atom. The molecule has 1 rings (SSSR count). The summed E-state index contributed by atoms with van der Waals surface area (Å²) in [6.07, 6.45) is 4.06. The topological polar surface area (TPSA) is 15.3 Å². The Morgan fingerprint density at radius 1 is 1.13 bits per heavy atom. The lowest BCUT2D eigenvalue weighted by Gasteiger charge is -2.27. The monoisotopic (exact) mass is 212 g/mol. The minimum absolute atomic E-state index is 0.632. The summed E-state index contributed by atoms with van der Waals surface area (Å²) in [6.45, 7) is 13.1. The average molecular weight is 212 g/mol. The quantitative estimate of drug-likeness (QED) is 0.728. The van der Waals surface area contributed by atoms with E-state index in [4.69, 9.17) is 0 Å². The summed E-state index contributed by atoms with van der Waals surface area (Å²) in [5.41, 5.74) is 0. The van der Waals surface area contributed by atoms with Gasteiger partial charge in [0.25, 0.3) is 0 Å². The van der Waals surface area contributed by atoms with Crippen molar-refractivity contribution < 1.29 is 0 Å². The van der Waals surface area contributed by atoms with Gasteiger partial charge in [0.05, 0.1) is 0 Å². The van der Waals surface area contributed by atoms with E-state index in [9.17, 15) is 0 Å². The van der Waals surface area contributed by atoms with Gasteiger partial charge in [0.15, 0.2) is 0 Å². The molecule has 0 aromatic heterocycles. The molecule has 2 heteroatoms. The van der Waals surface area contributed by atoms with E-state index in [0.29, 0.717) is 12.1 Å². The maximum atomic E-state index is 3.72. The Hall–Kier alpha value is -0.0800. The van der Waals surface area contributed by atoms with Gasteiger partial charge in [-0.2, -0.15) is 0 Å². The highest BCUT2D eigenvalue weighted by molar-refractivity contribution is 4.76. The zero-order valence-corrected chi connectivity index (χ0v) is 10.9. The van der Waals surface area contributed by atoms with Crippen molar-refractivity contribution in [3.05, 3.63) is 0 Å². The van der Waals surface area contributed by atoms with Crippen LogP contribution in [-0.4, -0.2) is 36.6 Å². The third-order valence-electron chi connectivity index (χ3n) is 3.78. The summed E-state index contributed by atoms with van der Waals surface area (Å²) in [5, 5.41) is 3.72. The second kappa shape index (κ2) is 6.49. The molecule has 0 saturated carbocycles. The molecular weight excluding hydrogens is 184 g/mol. The summed E-state index contributed by atoms with van der Waals surface area (Å²) in [4.78, 5) is 2.58. The van der Waals surface area contributed by atoms with Gasteiger partial charge in [0.2, 0.25) is 0 Å². The van der Waals surface area contributed by atoms with Gasteiger partial charge in [-0.25, -0.2) is 0 Å². The number of nitrogens with one attached hydrogen (secondary N) is 1. The van der Waals surface area contributed by atoms with Crippen molar-refractivity contribution in [3.63, 3.8) is 0 Å². The fourth-order valence-electron chi connectivity index (χ4n) is 2.37. The molecule has 0 aliphatic carbocycles. The van der Waals surface area contributed by atoms with Crippen molar-refractivity contribution >= 4 is 0 Å². The maximum Gasteiger partial charge on any atom is 0.0169 e. The van der Waals surface area contributed by atoms with E-state index in [2.05, 4.69) is 37.9 Å². The van der Waals surface area contributed by atoms with Crippen LogP contribution >= 0.6 is 0 Å². The zero-order chi connectivity index (χ0) is 11.3. The molecule has 15 heavy (non-hydrogen) atoms. The van der Waals surface area contributed by atoms with Gasteiger partial charge in [-0.3, -0.25) is 0 Å². The molecule has 0 spiro atoms. The smallest absolute Gasteiger partial charge is 0.0169 e. The average Bonchev–Trinajstić information content (AvgIpc) is 2.68. The first kappa shape index (κ1) is 13.0. The number of rotatable bonds is 6. The fraction of sp³-hybridized carbons (Fsp3) is 1.00. The summed E-state index contributed by atoms with van der Waals surface area (Å²) in [6, 6.07) is 1.28. The number of likely N-dealkylation sites (tertiary alicyclic amines) is 1. The Labute approximate surface area is 95.4 Å². The van der Waals surface area contributed by atoms with E-state index in [0.717, 1.165) is 5.92 Å². The molecule has 2 nitrogen and oxygen atoms in total. The van der Waals surface area contributed by atoms with Gasteiger partial charge in [-0.05, 0) is 45.7 Å². The van der Waals surface area contributed by atoms with Gasteiger partial charge < -0.3 is 10.2 Å². The standard InChI is InChI=1S/C13H28N2/c1-5-11(2)13(4)14-12(3)10-15-8-6-7-9-15/h11-14H,5-10H2,1-4H3. The normalized spacial score (nSPS) is 24.0. The summed E-state index contributed by atoms with van der Waals surface area (Å²) in [5.74, 6) is 0.783. The van der Waals surface area contributed by atoms with Crippen LogP contribution in [0.4, 0.5) is 0 Å². The molecule has 0 bridgehead atoms. The third-order valence-corrected chi connectivity index (χ3v) is 3.78. The van der Waals surface area contributed by atoms with Crippen molar-refractivity contribution in [1.29, 1.82) is 0 Å². The van der Waals surface area contributed by atoms with Crippen molar-refractivity contribution in [2.24, 2.45) is 5.92 Å². The molecule has 0 radical (unpaired) electrons. The van der Waals surface area contributed by atoms with E-state index < -0.39 is 0 Å². The largest absolute Gasteiger partial charge is 0.310 e. The lowest BCUT2D eigenvalue weighted by atomic mass is 10.0. The van der Waals surface area contributed by atoms with E-state index >= 15 is 0 Å². The Bertz CT molecular complexity index is 164. The van der Waals surface area contributed by atoms with Crippen LogP contribution in [0.15, 0.2) is 0 Å². The third kappa shape index (κ3) is 4.52. The second-order valence-electron chi connectivity index (χ2n) is 5.25. The van der Waals surface area contributed by atoms with Crippen LogP contribution in [0.25, 0.3) is 0 Å². The van der Waals surface area contributed by atoms with E-state index in [1.54, 1.807) is 0 Å². The first-order valence-electron chi connectivity index (χ1n) is 6.62. The molecule has 3 atom stereocenters. The minimum Gasteiger partial charge on any atom is -0.310 e. The first-order valence-corrected chi connectivity index (χ1v) is 6.62. The summed E-state index contributed by atoms with van der Waals surface area (Å²) < 4.78 is 0. The molecule has 1 aliphatic heterocycles. The van der Waals surface area contributed by atoms with Crippen LogP contribution < -0.4 is 5.32 Å². The number of hydrogen-bond donors (Lipinski definition) is 1. The highest BCUT2D eigenvalue weighted by Gasteiger charge is 2.17. The predicted molar refractivity (Wildman–Crippen MR) is 67.2 cm³/mol. The number of hydrogen-bond acceptors (Lipinski definition) is 2. The highest BCUT2D eigenvalue weighted by Crippen LogP contribution is 2.10. The van der Waals surface area contributed by atoms with Gasteiger partial charge in [-0.1, -0.05) is 20.3 Å². The molecule has 0 amide bonds. The van der Waals surface area contributed by atoms with Crippen LogP contribution in [0, 0.1) is 5.92 Å². The first-order chi connectivity index (χ1) is 7.13. The molecule has 1 fully saturated rings. The second-order valence-corrected chi connectivity index (χ2v) is 5.25. The van der Waals surface area contributed by atoms with Crippen LogP contribution in [0.5, 0.6) is 0 Å². The van der Waals surface area contributed by atoms with E-state index in [1.807, 2.05) is 0 Å². The SMILES string of the molecule is CCC(C)C(C)NC(C)CN1CCCC1. The highest BCUT2D eigenvalue weighted by atomic mass is 15.2. The lowest BCUT2D eigenvalue weighted by Crippen LogP contribution is -2.44. The number of nitrogens with zero attached hydrogens (tertiary/aromatic N) is 1. The van der Waals surface area contributed by atoms with E-state index in [1.165, 1.54) is 38.9 Å².